The Morgan fingerprint density at radius 3 is 2.71 bits per heavy atom. The summed E-state index contributed by atoms with van der Waals surface area (Å²) in [6, 6.07) is 19.1. The molecule has 6 nitrogen and oxygen atoms in total. The molecule has 0 bridgehead atoms. The minimum atomic E-state index is -0.165. The number of para-hydroxylation sites is 1. The summed E-state index contributed by atoms with van der Waals surface area (Å²) in [5.41, 5.74) is 2.55. The lowest BCUT2D eigenvalue weighted by Gasteiger charge is -2.15. The summed E-state index contributed by atoms with van der Waals surface area (Å²) in [7, 11) is 0. The molecule has 0 atom stereocenters. The molecule has 0 radical (unpaired) electrons. The highest BCUT2D eigenvalue weighted by Gasteiger charge is 2.20. The zero-order chi connectivity index (χ0) is 21.2. The Bertz CT molecular complexity index is 1210. The van der Waals surface area contributed by atoms with Crippen molar-refractivity contribution in [3.05, 3.63) is 77.6 Å². The lowest BCUT2D eigenvalue weighted by molar-refractivity contribution is -0.128. The standard InChI is InChI=1S/C24H21N3O3S/c28-22-6-3-13-27(22)15-16-7-9-17(10-8-16)23(29)25-14-18-11-12-20(30-18)24-26-19-4-1-2-5-21(19)31-24/h1-2,4-5,7-12H,3,6,13-15H2,(H,25,29). The van der Waals surface area contributed by atoms with Crippen molar-refractivity contribution in [2.24, 2.45) is 0 Å². The first-order valence-corrected chi connectivity index (χ1v) is 11.1. The minimum Gasteiger partial charge on any atom is -0.457 e. The maximum Gasteiger partial charge on any atom is 0.251 e. The Labute approximate surface area is 183 Å². The minimum absolute atomic E-state index is 0.165. The second-order valence-electron chi connectivity index (χ2n) is 7.55. The van der Waals surface area contributed by atoms with E-state index < -0.39 is 0 Å². The Kier molecular flexibility index (Phi) is 5.26. The van der Waals surface area contributed by atoms with E-state index in [0.29, 0.717) is 36.6 Å². The molecule has 1 aliphatic heterocycles. The van der Waals surface area contributed by atoms with E-state index in [2.05, 4.69) is 10.3 Å². The van der Waals surface area contributed by atoms with Crippen LogP contribution in [0, 0.1) is 0 Å². The molecule has 1 N–H and O–H groups in total. The summed E-state index contributed by atoms with van der Waals surface area (Å²) in [6.45, 7) is 1.71. The molecule has 0 aliphatic carbocycles. The average Bonchev–Trinajstić information content (AvgIpc) is 3.52. The van der Waals surface area contributed by atoms with E-state index >= 15 is 0 Å². The van der Waals surface area contributed by atoms with Gasteiger partial charge >= 0.3 is 0 Å². The van der Waals surface area contributed by atoms with E-state index in [4.69, 9.17) is 4.42 Å². The molecule has 156 valence electrons. The molecule has 2 aromatic carbocycles. The molecule has 0 unspecified atom stereocenters. The molecule has 2 aromatic heterocycles. The molecular weight excluding hydrogens is 410 g/mol. The molecule has 7 heteroatoms. The van der Waals surface area contributed by atoms with Crippen molar-refractivity contribution >= 4 is 33.4 Å². The predicted octanol–water partition coefficient (Wildman–Crippen LogP) is 4.61. The van der Waals surface area contributed by atoms with Gasteiger partial charge < -0.3 is 14.6 Å². The predicted molar refractivity (Wildman–Crippen MR) is 120 cm³/mol. The normalized spacial score (nSPS) is 13.8. The van der Waals surface area contributed by atoms with Crippen LogP contribution in [0.3, 0.4) is 0 Å². The van der Waals surface area contributed by atoms with Crippen molar-refractivity contribution in [1.29, 1.82) is 0 Å². The number of rotatable bonds is 6. The van der Waals surface area contributed by atoms with Crippen LogP contribution in [-0.4, -0.2) is 28.2 Å². The van der Waals surface area contributed by atoms with Crippen LogP contribution in [-0.2, 0) is 17.9 Å². The third kappa shape index (κ3) is 4.22. The van der Waals surface area contributed by atoms with Crippen LogP contribution < -0.4 is 5.32 Å². The van der Waals surface area contributed by atoms with Gasteiger partial charge in [0.25, 0.3) is 5.91 Å². The van der Waals surface area contributed by atoms with Gasteiger partial charge in [-0.1, -0.05) is 24.3 Å². The summed E-state index contributed by atoms with van der Waals surface area (Å²) in [4.78, 5) is 30.7. The third-order valence-corrected chi connectivity index (χ3v) is 6.40. The second-order valence-corrected chi connectivity index (χ2v) is 8.58. The van der Waals surface area contributed by atoms with Gasteiger partial charge in [-0.15, -0.1) is 11.3 Å². The first kappa shape index (κ1) is 19.5. The number of likely N-dealkylation sites (tertiary alicyclic amines) is 1. The molecule has 1 saturated heterocycles. The monoisotopic (exact) mass is 431 g/mol. The highest BCUT2D eigenvalue weighted by atomic mass is 32.1. The number of carbonyl (C=O) groups excluding carboxylic acids is 2. The van der Waals surface area contributed by atoms with Crippen LogP contribution in [0.15, 0.2) is 65.1 Å². The molecule has 2 amide bonds. The van der Waals surface area contributed by atoms with Crippen molar-refractivity contribution in [3.8, 4) is 10.8 Å². The number of carbonyl (C=O) groups is 2. The van der Waals surface area contributed by atoms with Gasteiger partial charge in [0.15, 0.2) is 10.8 Å². The van der Waals surface area contributed by atoms with Gasteiger partial charge in [0.1, 0.15) is 5.76 Å². The van der Waals surface area contributed by atoms with Gasteiger partial charge in [-0.05, 0) is 48.4 Å². The highest BCUT2D eigenvalue weighted by Crippen LogP contribution is 2.31. The van der Waals surface area contributed by atoms with E-state index in [9.17, 15) is 9.59 Å². The second kappa shape index (κ2) is 8.35. The molecule has 0 spiro atoms. The fourth-order valence-corrected chi connectivity index (χ4v) is 4.62. The summed E-state index contributed by atoms with van der Waals surface area (Å²) in [5.74, 6) is 1.41. The number of nitrogens with zero attached hydrogens (tertiary/aromatic N) is 2. The van der Waals surface area contributed by atoms with Crippen molar-refractivity contribution in [1.82, 2.24) is 15.2 Å². The van der Waals surface area contributed by atoms with Crippen molar-refractivity contribution in [2.45, 2.75) is 25.9 Å². The number of nitrogens with one attached hydrogen (secondary N) is 1. The van der Waals surface area contributed by atoms with Gasteiger partial charge in [-0.2, -0.15) is 0 Å². The van der Waals surface area contributed by atoms with E-state index in [-0.39, 0.29) is 11.8 Å². The van der Waals surface area contributed by atoms with Crippen LogP contribution in [0.4, 0.5) is 0 Å². The molecular formula is C24H21N3O3S. The summed E-state index contributed by atoms with van der Waals surface area (Å²) >= 11 is 1.58. The zero-order valence-corrected chi connectivity index (χ0v) is 17.7. The quantitative estimate of drug-likeness (QED) is 0.484. The summed E-state index contributed by atoms with van der Waals surface area (Å²) < 4.78 is 7.00. The molecule has 0 saturated carbocycles. The molecule has 1 aliphatic rings. The topological polar surface area (TPSA) is 75.4 Å². The largest absolute Gasteiger partial charge is 0.457 e. The maximum absolute atomic E-state index is 12.5. The van der Waals surface area contributed by atoms with E-state index in [1.807, 2.05) is 53.4 Å². The fourth-order valence-electron chi connectivity index (χ4n) is 3.69. The van der Waals surface area contributed by atoms with Crippen LogP contribution in [0.5, 0.6) is 0 Å². The van der Waals surface area contributed by atoms with Gasteiger partial charge in [0.2, 0.25) is 5.91 Å². The van der Waals surface area contributed by atoms with Crippen LogP contribution >= 0.6 is 11.3 Å². The van der Waals surface area contributed by atoms with Crippen LogP contribution in [0.25, 0.3) is 21.0 Å². The SMILES string of the molecule is O=C(NCc1ccc(-c2nc3ccccc3s2)o1)c1ccc(CN2CCCC2=O)cc1. The number of thiazole rings is 1. The van der Waals surface area contributed by atoms with E-state index in [0.717, 1.165) is 33.8 Å². The van der Waals surface area contributed by atoms with Gasteiger partial charge in [-0.3, -0.25) is 9.59 Å². The number of hydrogen-bond donors (Lipinski definition) is 1. The molecule has 3 heterocycles. The Balaban J connectivity index is 1.19. The summed E-state index contributed by atoms with van der Waals surface area (Å²) in [5, 5.41) is 3.72. The zero-order valence-electron chi connectivity index (χ0n) is 16.8. The number of fused-ring (bicyclic) bond motifs is 1. The van der Waals surface area contributed by atoms with Crippen LogP contribution in [0.1, 0.15) is 34.5 Å². The van der Waals surface area contributed by atoms with Gasteiger partial charge in [0.05, 0.1) is 16.8 Å². The van der Waals surface area contributed by atoms with Crippen molar-refractivity contribution in [3.63, 3.8) is 0 Å². The van der Waals surface area contributed by atoms with Gasteiger partial charge in [0, 0.05) is 25.1 Å². The fraction of sp³-hybridized carbons (Fsp3) is 0.208. The highest BCUT2D eigenvalue weighted by molar-refractivity contribution is 7.21. The Morgan fingerprint density at radius 2 is 1.94 bits per heavy atom. The summed E-state index contributed by atoms with van der Waals surface area (Å²) in [6.07, 6.45) is 1.56. The first-order valence-electron chi connectivity index (χ1n) is 10.3. The van der Waals surface area contributed by atoms with E-state index in [1.54, 1.807) is 23.5 Å². The van der Waals surface area contributed by atoms with Crippen molar-refractivity contribution in [2.75, 3.05) is 6.54 Å². The number of amides is 2. The van der Waals surface area contributed by atoms with Crippen molar-refractivity contribution < 1.29 is 14.0 Å². The van der Waals surface area contributed by atoms with E-state index in [1.165, 1.54) is 0 Å². The first-order chi connectivity index (χ1) is 15.2. The molecule has 31 heavy (non-hydrogen) atoms. The molecule has 5 rings (SSSR count). The van der Waals surface area contributed by atoms with Crippen LogP contribution in [0.2, 0.25) is 0 Å². The maximum atomic E-state index is 12.5. The Hall–Kier alpha value is -3.45. The lowest BCUT2D eigenvalue weighted by Crippen LogP contribution is -2.24. The third-order valence-electron chi connectivity index (χ3n) is 5.35. The Morgan fingerprint density at radius 1 is 1.10 bits per heavy atom. The smallest absolute Gasteiger partial charge is 0.251 e. The molecule has 1 fully saturated rings. The number of furan rings is 1. The molecule has 4 aromatic rings. The number of aromatic nitrogens is 1. The average molecular weight is 432 g/mol. The van der Waals surface area contributed by atoms with Gasteiger partial charge in [-0.25, -0.2) is 4.98 Å². The number of hydrogen-bond acceptors (Lipinski definition) is 5. The lowest BCUT2D eigenvalue weighted by atomic mass is 10.1. The number of benzene rings is 2.